The van der Waals surface area contributed by atoms with Gasteiger partial charge >= 0.3 is 0 Å². The Morgan fingerprint density at radius 3 is 2.82 bits per heavy atom. The topological polar surface area (TPSA) is 93.5 Å². The first-order valence-electron chi connectivity index (χ1n) is 6.87. The van der Waals surface area contributed by atoms with Crippen molar-refractivity contribution >= 4 is 24.0 Å². The number of rotatable bonds is 4. The smallest absolute Gasteiger partial charge is 0.282 e. The van der Waals surface area contributed by atoms with Crippen molar-refractivity contribution in [3.8, 4) is 5.75 Å². The number of nitrogens with zero attached hydrogens (tertiary/aromatic N) is 1. The molecule has 0 aromatic heterocycles. The molecule has 0 aliphatic carbocycles. The first-order chi connectivity index (χ1) is 10.0. The van der Waals surface area contributed by atoms with Gasteiger partial charge in [0.1, 0.15) is 11.3 Å². The summed E-state index contributed by atoms with van der Waals surface area (Å²) in [7, 11) is 1.46. The van der Waals surface area contributed by atoms with E-state index in [4.69, 9.17) is 4.74 Å². The third kappa shape index (κ3) is 4.08. The zero-order valence-electron chi connectivity index (χ0n) is 12.5. The van der Waals surface area contributed by atoms with Crippen molar-refractivity contribution in [1.82, 2.24) is 10.6 Å². The van der Waals surface area contributed by atoms with Gasteiger partial charge in [-0.3, -0.25) is 14.9 Å². The lowest BCUT2D eigenvalue weighted by Crippen LogP contribution is -2.48. The summed E-state index contributed by atoms with van der Waals surface area (Å²) >= 11 is 0. The molecule has 0 saturated carbocycles. The minimum atomic E-state index is -0.555. The largest absolute Gasteiger partial charge is 0.497 e. The van der Waals surface area contributed by atoms with Gasteiger partial charge in [0.05, 0.1) is 12.0 Å². The molecule has 1 fully saturated rings. The van der Waals surface area contributed by atoms with Gasteiger partial charge in [-0.1, -0.05) is 6.92 Å². The number of amides is 1. The summed E-state index contributed by atoms with van der Waals surface area (Å²) in [6, 6.07) is 4.19. The van der Waals surface area contributed by atoms with Crippen molar-refractivity contribution < 1.29 is 14.5 Å². The Labute approximate surface area is 135 Å². The van der Waals surface area contributed by atoms with Gasteiger partial charge in [-0.25, -0.2) is 0 Å². The van der Waals surface area contributed by atoms with Crippen LogP contribution in [0.1, 0.15) is 23.7 Å². The number of hydrogen-bond acceptors (Lipinski definition) is 5. The number of ether oxygens (including phenoxy) is 1. The van der Waals surface area contributed by atoms with Crippen LogP contribution in [0.4, 0.5) is 5.69 Å². The molecule has 1 amide bonds. The lowest BCUT2D eigenvalue weighted by atomic mass is 9.95. The molecule has 2 unspecified atom stereocenters. The maximum absolute atomic E-state index is 12.4. The predicted octanol–water partition coefficient (Wildman–Crippen LogP) is 1.75. The molecule has 1 aromatic rings. The second kappa shape index (κ2) is 7.95. The van der Waals surface area contributed by atoms with E-state index in [1.54, 1.807) is 0 Å². The minimum Gasteiger partial charge on any atom is -0.497 e. The number of carbonyl (C=O) groups excluding carboxylic acids is 1. The van der Waals surface area contributed by atoms with E-state index in [0.29, 0.717) is 5.75 Å². The van der Waals surface area contributed by atoms with Gasteiger partial charge in [-0.05, 0) is 37.6 Å². The number of carbonyl (C=O) groups is 1. The Morgan fingerprint density at radius 1 is 1.50 bits per heavy atom. The lowest BCUT2D eigenvalue weighted by Gasteiger charge is -2.30. The van der Waals surface area contributed by atoms with Crippen LogP contribution in [0.2, 0.25) is 0 Å². The molecule has 8 heteroatoms. The molecule has 1 aliphatic heterocycles. The molecule has 1 saturated heterocycles. The fourth-order valence-electron chi connectivity index (χ4n) is 2.46. The van der Waals surface area contributed by atoms with E-state index in [-0.39, 0.29) is 35.6 Å². The molecular formula is C14H20ClN3O4. The fourth-order valence-corrected chi connectivity index (χ4v) is 2.46. The van der Waals surface area contributed by atoms with Crippen molar-refractivity contribution in [3.63, 3.8) is 0 Å². The van der Waals surface area contributed by atoms with E-state index in [9.17, 15) is 14.9 Å². The van der Waals surface area contributed by atoms with Crippen molar-refractivity contribution in [1.29, 1.82) is 0 Å². The quantitative estimate of drug-likeness (QED) is 0.648. The number of nitro groups is 1. The summed E-state index contributed by atoms with van der Waals surface area (Å²) in [5.41, 5.74) is -0.181. The molecule has 22 heavy (non-hydrogen) atoms. The summed E-state index contributed by atoms with van der Waals surface area (Å²) in [6.45, 7) is 3.69. The number of halogens is 1. The second-order valence-corrected chi connectivity index (χ2v) is 5.19. The van der Waals surface area contributed by atoms with Gasteiger partial charge < -0.3 is 15.4 Å². The molecule has 0 spiro atoms. The van der Waals surface area contributed by atoms with E-state index in [0.717, 1.165) is 19.5 Å². The standard InChI is InChI=1S/C14H19N3O4.ClH/c1-9-8-15-6-5-12(9)16-14(18)11-7-10(21-2)3-4-13(11)17(19)20;/h3-4,7,9,12,15H,5-6,8H2,1-2H3,(H,16,18);1H. The van der Waals surface area contributed by atoms with E-state index in [2.05, 4.69) is 10.6 Å². The van der Waals surface area contributed by atoms with Crippen LogP contribution in [0, 0.1) is 16.0 Å². The number of benzene rings is 1. The summed E-state index contributed by atoms with van der Waals surface area (Å²) < 4.78 is 5.04. The van der Waals surface area contributed by atoms with E-state index in [1.807, 2.05) is 6.92 Å². The average molecular weight is 330 g/mol. The number of nitrogens with one attached hydrogen (secondary N) is 2. The SMILES string of the molecule is COc1ccc([N+](=O)[O-])c(C(=O)NC2CCNCC2C)c1.Cl. The molecule has 1 heterocycles. The van der Waals surface area contributed by atoms with Crippen LogP contribution in [0.25, 0.3) is 0 Å². The molecule has 1 aliphatic rings. The van der Waals surface area contributed by atoms with Crippen molar-refractivity contribution in [3.05, 3.63) is 33.9 Å². The Bertz CT molecular complexity index is 553. The van der Waals surface area contributed by atoms with Gasteiger partial charge in [0.2, 0.25) is 0 Å². The number of nitro benzene ring substituents is 1. The molecule has 0 bridgehead atoms. The van der Waals surface area contributed by atoms with Gasteiger partial charge in [-0.2, -0.15) is 0 Å². The minimum absolute atomic E-state index is 0. The zero-order valence-corrected chi connectivity index (χ0v) is 13.3. The highest BCUT2D eigenvalue weighted by molar-refractivity contribution is 5.98. The number of piperidine rings is 1. The summed E-state index contributed by atoms with van der Waals surface area (Å²) in [6.07, 6.45) is 0.810. The number of hydrogen-bond donors (Lipinski definition) is 2. The first-order valence-corrected chi connectivity index (χ1v) is 6.87. The number of methoxy groups -OCH3 is 1. The molecular weight excluding hydrogens is 310 g/mol. The van der Waals surface area contributed by atoms with Gasteiger partial charge in [-0.15, -0.1) is 12.4 Å². The van der Waals surface area contributed by atoms with Crippen LogP contribution in [-0.4, -0.2) is 37.1 Å². The third-order valence-corrected chi connectivity index (χ3v) is 3.75. The highest BCUT2D eigenvalue weighted by atomic mass is 35.5. The highest BCUT2D eigenvalue weighted by Gasteiger charge is 2.27. The van der Waals surface area contributed by atoms with Crippen LogP contribution in [-0.2, 0) is 0 Å². The van der Waals surface area contributed by atoms with Crippen LogP contribution in [0.5, 0.6) is 5.75 Å². The highest BCUT2D eigenvalue weighted by Crippen LogP contribution is 2.24. The molecule has 122 valence electrons. The molecule has 7 nitrogen and oxygen atoms in total. The maximum Gasteiger partial charge on any atom is 0.282 e. The van der Waals surface area contributed by atoms with Gasteiger partial charge in [0.15, 0.2) is 0 Å². The van der Waals surface area contributed by atoms with Crippen molar-refractivity contribution in [2.75, 3.05) is 20.2 Å². The molecule has 2 rings (SSSR count). The summed E-state index contributed by atoms with van der Waals surface area (Å²) in [5.74, 6) is 0.274. The van der Waals surface area contributed by atoms with Gasteiger partial charge in [0.25, 0.3) is 11.6 Å². The molecule has 0 radical (unpaired) electrons. The maximum atomic E-state index is 12.4. The van der Waals surface area contributed by atoms with Crippen LogP contribution in [0.3, 0.4) is 0 Å². The van der Waals surface area contributed by atoms with Crippen LogP contribution in [0.15, 0.2) is 18.2 Å². The Morgan fingerprint density at radius 2 is 2.23 bits per heavy atom. The fraction of sp³-hybridized carbons (Fsp3) is 0.500. The average Bonchev–Trinajstić information content (AvgIpc) is 2.48. The normalized spacial score (nSPS) is 20.6. The van der Waals surface area contributed by atoms with E-state index < -0.39 is 10.8 Å². The Kier molecular flexibility index (Phi) is 6.58. The molecule has 2 atom stereocenters. The second-order valence-electron chi connectivity index (χ2n) is 5.19. The Hall–Kier alpha value is -1.86. The zero-order chi connectivity index (χ0) is 15.4. The molecule has 2 N–H and O–H groups in total. The summed E-state index contributed by atoms with van der Waals surface area (Å²) in [5, 5.41) is 17.2. The molecule has 1 aromatic carbocycles. The van der Waals surface area contributed by atoms with Gasteiger partial charge in [0, 0.05) is 12.1 Å². The van der Waals surface area contributed by atoms with Crippen molar-refractivity contribution in [2.24, 2.45) is 5.92 Å². The lowest BCUT2D eigenvalue weighted by molar-refractivity contribution is -0.385. The monoisotopic (exact) mass is 329 g/mol. The summed E-state index contributed by atoms with van der Waals surface area (Å²) in [4.78, 5) is 22.9. The van der Waals surface area contributed by atoms with Crippen LogP contribution < -0.4 is 15.4 Å². The van der Waals surface area contributed by atoms with E-state index in [1.165, 1.54) is 25.3 Å². The predicted molar refractivity (Wildman–Crippen MR) is 84.8 cm³/mol. The van der Waals surface area contributed by atoms with E-state index >= 15 is 0 Å². The van der Waals surface area contributed by atoms with Crippen LogP contribution >= 0.6 is 12.4 Å². The third-order valence-electron chi connectivity index (χ3n) is 3.75. The van der Waals surface area contributed by atoms with Crippen molar-refractivity contribution in [2.45, 2.75) is 19.4 Å². The first kappa shape index (κ1) is 18.2. The Balaban J connectivity index is 0.00000242.